The summed E-state index contributed by atoms with van der Waals surface area (Å²) in [6.45, 7) is 4.62. The molecule has 0 heterocycles. The van der Waals surface area contributed by atoms with Crippen molar-refractivity contribution in [3.63, 3.8) is 0 Å². The molecule has 0 saturated heterocycles. The zero-order chi connectivity index (χ0) is 21.5. The highest BCUT2D eigenvalue weighted by molar-refractivity contribution is 14.1. The highest BCUT2D eigenvalue weighted by atomic mass is 127. The number of allylic oxidation sites excluding steroid dienone is 1. The lowest BCUT2D eigenvalue weighted by Gasteiger charge is -2.15. The predicted molar refractivity (Wildman–Crippen MR) is 126 cm³/mol. The van der Waals surface area contributed by atoms with Crippen LogP contribution in [0.25, 0.3) is 11.6 Å². The molecule has 152 valence electrons. The molecule has 3 rings (SSSR count). The van der Waals surface area contributed by atoms with Crippen LogP contribution in [0.5, 0.6) is 11.5 Å². The van der Waals surface area contributed by atoms with Crippen LogP contribution in [0.15, 0.2) is 60.7 Å². The van der Waals surface area contributed by atoms with Crippen LogP contribution in [-0.2, 0) is 6.61 Å². The van der Waals surface area contributed by atoms with E-state index in [9.17, 15) is 9.65 Å². The maximum Gasteiger partial charge on any atom is 0.175 e. The minimum atomic E-state index is -0.295. The van der Waals surface area contributed by atoms with Gasteiger partial charge in [-0.25, -0.2) is 4.39 Å². The lowest BCUT2D eigenvalue weighted by Crippen LogP contribution is -2.02. The van der Waals surface area contributed by atoms with Gasteiger partial charge in [0.15, 0.2) is 11.5 Å². The minimum absolute atomic E-state index is 0.232. The largest absolute Gasteiger partial charge is 0.490 e. The molecule has 5 heteroatoms. The topological polar surface area (TPSA) is 42.2 Å². The zero-order valence-corrected chi connectivity index (χ0v) is 18.9. The summed E-state index contributed by atoms with van der Waals surface area (Å²) >= 11 is 2.19. The summed E-state index contributed by atoms with van der Waals surface area (Å²) in [5, 5.41) is 9.63. The fourth-order valence-corrected chi connectivity index (χ4v) is 3.72. The summed E-state index contributed by atoms with van der Waals surface area (Å²) in [5.74, 6) is 0.900. The number of halogens is 2. The summed E-state index contributed by atoms with van der Waals surface area (Å²) in [6, 6.07) is 20.2. The van der Waals surface area contributed by atoms with E-state index in [1.54, 1.807) is 6.07 Å². The van der Waals surface area contributed by atoms with E-state index in [1.165, 1.54) is 12.1 Å². The maximum atomic E-state index is 13.4. The average molecular weight is 513 g/mol. The third-order valence-electron chi connectivity index (χ3n) is 4.40. The van der Waals surface area contributed by atoms with E-state index in [0.717, 1.165) is 25.8 Å². The molecule has 3 aromatic carbocycles. The lowest BCUT2D eigenvalue weighted by atomic mass is 10.0. The molecule has 0 saturated carbocycles. The molecule has 30 heavy (non-hydrogen) atoms. The van der Waals surface area contributed by atoms with Crippen LogP contribution < -0.4 is 9.47 Å². The second-order valence-electron chi connectivity index (χ2n) is 6.72. The number of nitrogens with zero attached hydrogens (tertiary/aromatic N) is 1. The number of rotatable bonds is 7. The van der Waals surface area contributed by atoms with E-state index in [1.807, 2.05) is 62.4 Å². The number of ether oxygens (including phenoxy) is 2. The maximum absolute atomic E-state index is 13.4. The van der Waals surface area contributed by atoms with Gasteiger partial charge in [0.25, 0.3) is 0 Å². The highest BCUT2D eigenvalue weighted by Crippen LogP contribution is 2.36. The van der Waals surface area contributed by atoms with Crippen molar-refractivity contribution in [2.75, 3.05) is 6.61 Å². The Bertz CT molecular complexity index is 1100. The normalized spacial score (nSPS) is 11.1. The Balaban J connectivity index is 1.92. The van der Waals surface area contributed by atoms with Gasteiger partial charge in [0.1, 0.15) is 12.4 Å². The van der Waals surface area contributed by atoms with Crippen molar-refractivity contribution in [2.45, 2.75) is 20.5 Å². The van der Waals surface area contributed by atoms with Gasteiger partial charge >= 0.3 is 0 Å². The van der Waals surface area contributed by atoms with Gasteiger partial charge in [-0.3, -0.25) is 0 Å². The second-order valence-corrected chi connectivity index (χ2v) is 7.88. The van der Waals surface area contributed by atoms with E-state index in [2.05, 4.69) is 28.7 Å². The predicted octanol–water partition coefficient (Wildman–Crippen LogP) is 6.78. The zero-order valence-electron chi connectivity index (χ0n) is 16.8. The van der Waals surface area contributed by atoms with Crippen molar-refractivity contribution < 1.29 is 13.9 Å². The first-order valence-electron chi connectivity index (χ1n) is 9.52. The smallest absolute Gasteiger partial charge is 0.175 e. The molecule has 0 fully saturated rings. The van der Waals surface area contributed by atoms with Crippen LogP contribution >= 0.6 is 22.6 Å². The summed E-state index contributed by atoms with van der Waals surface area (Å²) < 4.78 is 26.0. The third kappa shape index (κ3) is 5.61. The van der Waals surface area contributed by atoms with Gasteiger partial charge in [0.2, 0.25) is 0 Å². The molecule has 0 aromatic heterocycles. The SMILES string of the molecule is CCOc1cc(/C=C(\C#N)c2ccc(C)cc2)cc(I)c1OCc1cccc(F)c1. The molecular weight excluding hydrogens is 492 g/mol. The van der Waals surface area contributed by atoms with Gasteiger partial charge in [-0.15, -0.1) is 0 Å². The number of hydrogen-bond donors (Lipinski definition) is 0. The quantitative estimate of drug-likeness (QED) is 0.199. The van der Waals surface area contributed by atoms with E-state index in [-0.39, 0.29) is 12.4 Å². The molecule has 0 radical (unpaired) electrons. The lowest BCUT2D eigenvalue weighted by molar-refractivity contribution is 0.267. The van der Waals surface area contributed by atoms with Crippen LogP contribution in [-0.4, -0.2) is 6.61 Å². The monoisotopic (exact) mass is 513 g/mol. The minimum Gasteiger partial charge on any atom is -0.490 e. The van der Waals surface area contributed by atoms with Gasteiger partial charge < -0.3 is 9.47 Å². The molecule has 0 unspecified atom stereocenters. The van der Waals surface area contributed by atoms with Crippen LogP contribution in [0.1, 0.15) is 29.2 Å². The average Bonchev–Trinajstić information content (AvgIpc) is 2.72. The van der Waals surface area contributed by atoms with Crippen LogP contribution in [0.4, 0.5) is 4.39 Å². The summed E-state index contributed by atoms with van der Waals surface area (Å²) in [7, 11) is 0. The number of nitriles is 1. The molecule has 0 aliphatic rings. The number of aryl methyl sites for hydroxylation is 1. The molecule has 3 aromatic rings. The van der Waals surface area contributed by atoms with Crippen molar-refractivity contribution in [1.29, 1.82) is 5.26 Å². The molecule has 0 N–H and O–H groups in total. The van der Waals surface area contributed by atoms with Gasteiger partial charge in [0.05, 0.1) is 21.8 Å². The van der Waals surface area contributed by atoms with E-state index in [4.69, 9.17) is 9.47 Å². The van der Waals surface area contributed by atoms with Crippen LogP contribution in [0.2, 0.25) is 0 Å². The Hall–Kier alpha value is -2.85. The summed E-state index contributed by atoms with van der Waals surface area (Å²) in [5.41, 5.74) is 4.16. The molecule has 0 aliphatic carbocycles. The van der Waals surface area contributed by atoms with Gasteiger partial charge in [0, 0.05) is 0 Å². The third-order valence-corrected chi connectivity index (χ3v) is 5.20. The van der Waals surface area contributed by atoms with E-state index >= 15 is 0 Å². The molecular formula is C25H21FINO2. The molecule has 0 amide bonds. The van der Waals surface area contributed by atoms with Crippen LogP contribution in [0.3, 0.4) is 0 Å². The van der Waals surface area contributed by atoms with Crippen molar-refractivity contribution in [3.8, 4) is 17.6 Å². The van der Waals surface area contributed by atoms with Gasteiger partial charge in [-0.2, -0.15) is 5.26 Å². The molecule has 3 nitrogen and oxygen atoms in total. The Labute approximate surface area is 189 Å². The molecule has 0 spiro atoms. The highest BCUT2D eigenvalue weighted by Gasteiger charge is 2.13. The fourth-order valence-electron chi connectivity index (χ4n) is 2.94. The van der Waals surface area contributed by atoms with Crippen molar-refractivity contribution >= 4 is 34.2 Å². The van der Waals surface area contributed by atoms with Gasteiger partial charge in [-0.05, 0) is 83.5 Å². The first-order valence-corrected chi connectivity index (χ1v) is 10.6. The van der Waals surface area contributed by atoms with Crippen molar-refractivity contribution in [3.05, 3.63) is 92.3 Å². The van der Waals surface area contributed by atoms with Crippen LogP contribution in [0, 0.1) is 27.6 Å². The fraction of sp³-hybridized carbons (Fsp3) is 0.160. The summed E-state index contributed by atoms with van der Waals surface area (Å²) in [6.07, 6.45) is 1.84. The molecule has 0 aliphatic heterocycles. The summed E-state index contributed by atoms with van der Waals surface area (Å²) in [4.78, 5) is 0. The first-order chi connectivity index (χ1) is 14.5. The molecule has 0 bridgehead atoms. The molecule has 0 atom stereocenters. The number of hydrogen-bond acceptors (Lipinski definition) is 3. The Morgan fingerprint density at radius 1 is 1.10 bits per heavy atom. The van der Waals surface area contributed by atoms with E-state index < -0.39 is 0 Å². The second kappa shape index (κ2) is 10.3. The van der Waals surface area contributed by atoms with Crippen molar-refractivity contribution in [2.24, 2.45) is 0 Å². The first kappa shape index (κ1) is 21.8. The Morgan fingerprint density at radius 3 is 2.53 bits per heavy atom. The van der Waals surface area contributed by atoms with E-state index in [0.29, 0.717) is 23.7 Å². The Morgan fingerprint density at radius 2 is 1.87 bits per heavy atom. The Kier molecular flexibility index (Phi) is 7.47. The standard InChI is InChI=1S/C25H21FINO2/c1-3-29-24-14-19(11-21(15-28)20-9-7-17(2)8-10-20)13-23(27)25(24)30-16-18-5-4-6-22(26)12-18/h4-14H,3,16H2,1-2H3/b21-11+. The number of benzene rings is 3. The van der Waals surface area contributed by atoms with Crippen molar-refractivity contribution in [1.82, 2.24) is 0 Å². The van der Waals surface area contributed by atoms with Gasteiger partial charge in [-0.1, -0.05) is 42.0 Å².